The first kappa shape index (κ1) is 13.1. The normalized spacial score (nSPS) is 15.3. The molecule has 96 valence electrons. The Morgan fingerprint density at radius 3 is 2.83 bits per heavy atom. The van der Waals surface area contributed by atoms with Crippen molar-refractivity contribution in [1.82, 2.24) is 0 Å². The maximum absolute atomic E-state index is 11.9. The standard InChI is InChI=1S/C13H17N3OS/c1-7(2)11(15)12(17)16-13-9(6-14)8-4-3-5-10(8)18-13/h7,11H,3-5,15H2,1-2H3,(H,16,17)/t11-/m0/s1. The molecular formula is C13H17N3OS. The van der Waals surface area contributed by atoms with Crippen LogP contribution in [-0.4, -0.2) is 11.9 Å². The lowest BCUT2D eigenvalue weighted by atomic mass is 10.1. The van der Waals surface area contributed by atoms with Gasteiger partial charge in [-0.3, -0.25) is 4.79 Å². The van der Waals surface area contributed by atoms with E-state index in [9.17, 15) is 10.1 Å². The number of hydrogen-bond donors (Lipinski definition) is 2. The highest BCUT2D eigenvalue weighted by Crippen LogP contribution is 2.38. The van der Waals surface area contributed by atoms with Gasteiger partial charge < -0.3 is 11.1 Å². The molecule has 1 atom stereocenters. The molecule has 1 heterocycles. The van der Waals surface area contributed by atoms with Gasteiger partial charge in [-0.2, -0.15) is 5.26 Å². The summed E-state index contributed by atoms with van der Waals surface area (Å²) in [7, 11) is 0. The summed E-state index contributed by atoms with van der Waals surface area (Å²) in [5.41, 5.74) is 7.56. The zero-order valence-electron chi connectivity index (χ0n) is 10.6. The number of carbonyl (C=O) groups excluding carboxylic acids is 1. The number of rotatable bonds is 3. The Balaban J connectivity index is 2.21. The minimum atomic E-state index is -0.534. The average Bonchev–Trinajstić information content (AvgIpc) is 2.87. The lowest BCUT2D eigenvalue weighted by molar-refractivity contribution is -0.118. The van der Waals surface area contributed by atoms with Gasteiger partial charge in [-0.15, -0.1) is 11.3 Å². The smallest absolute Gasteiger partial charge is 0.242 e. The number of anilines is 1. The third kappa shape index (κ3) is 2.26. The summed E-state index contributed by atoms with van der Waals surface area (Å²) >= 11 is 1.52. The highest BCUT2D eigenvalue weighted by molar-refractivity contribution is 7.16. The number of nitrogens with zero attached hydrogens (tertiary/aromatic N) is 1. The largest absolute Gasteiger partial charge is 0.320 e. The predicted octanol–water partition coefficient (Wildman–Crippen LogP) is 2.03. The molecule has 1 aliphatic carbocycles. The third-order valence-corrected chi connectivity index (χ3v) is 4.50. The molecule has 1 aromatic heterocycles. The minimum Gasteiger partial charge on any atom is -0.320 e. The van der Waals surface area contributed by atoms with Crippen LogP contribution in [0.1, 0.15) is 36.3 Å². The Labute approximate surface area is 111 Å². The molecule has 0 aromatic carbocycles. The summed E-state index contributed by atoms with van der Waals surface area (Å²) in [6.45, 7) is 3.81. The van der Waals surface area contributed by atoms with Crippen LogP contribution in [0.2, 0.25) is 0 Å². The first-order valence-electron chi connectivity index (χ1n) is 6.15. The van der Waals surface area contributed by atoms with E-state index in [1.807, 2.05) is 13.8 Å². The first-order chi connectivity index (χ1) is 8.54. The quantitative estimate of drug-likeness (QED) is 0.875. The second-order valence-corrected chi connectivity index (χ2v) is 6.04. The van der Waals surface area contributed by atoms with Crippen molar-refractivity contribution in [3.63, 3.8) is 0 Å². The fourth-order valence-corrected chi connectivity index (χ4v) is 3.35. The summed E-state index contributed by atoms with van der Waals surface area (Å²) < 4.78 is 0. The molecule has 1 amide bonds. The number of nitrogens with one attached hydrogen (secondary N) is 1. The van der Waals surface area contributed by atoms with Crippen molar-refractivity contribution in [2.45, 2.75) is 39.2 Å². The highest BCUT2D eigenvalue weighted by atomic mass is 32.1. The van der Waals surface area contributed by atoms with Crippen molar-refractivity contribution in [2.24, 2.45) is 11.7 Å². The SMILES string of the molecule is CC(C)[C@H](N)C(=O)Nc1sc2c(c1C#N)CCC2. The van der Waals surface area contributed by atoms with Crippen molar-refractivity contribution in [2.75, 3.05) is 5.32 Å². The summed E-state index contributed by atoms with van der Waals surface area (Å²) in [5, 5.41) is 12.7. The number of aryl methyl sites for hydroxylation is 1. The molecule has 0 unspecified atom stereocenters. The molecule has 3 N–H and O–H groups in total. The fraction of sp³-hybridized carbons (Fsp3) is 0.538. The van der Waals surface area contributed by atoms with Gasteiger partial charge in [0.05, 0.1) is 11.6 Å². The van der Waals surface area contributed by atoms with E-state index in [1.165, 1.54) is 16.2 Å². The van der Waals surface area contributed by atoms with Crippen LogP contribution in [-0.2, 0) is 17.6 Å². The van der Waals surface area contributed by atoms with Crippen LogP contribution in [0.3, 0.4) is 0 Å². The van der Waals surface area contributed by atoms with Gasteiger partial charge in [0.25, 0.3) is 0 Å². The molecule has 0 saturated heterocycles. The Morgan fingerprint density at radius 1 is 1.50 bits per heavy atom. The van der Waals surface area contributed by atoms with Gasteiger partial charge in [-0.1, -0.05) is 13.8 Å². The molecule has 0 aliphatic heterocycles. The van der Waals surface area contributed by atoms with E-state index < -0.39 is 6.04 Å². The van der Waals surface area contributed by atoms with Crippen molar-refractivity contribution in [1.29, 1.82) is 5.26 Å². The summed E-state index contributed by atoms with van der Waals surface area (Å²) in [6, 6.07) is 1.67. The summed E-state index contributed by atoms with van der Waals surface area (Å²) in [4.78, 5) is 13.1. The minimum absolute atomic E-state index is 0.0855. The van der Waals surface area contributed by atoms with E-state index in [4.69, 9.17) is 5.73 Å². The lowest BCUT2D eigenvalue weighted by Crippen LogP contribution is -2.39. The van der Waals surface area contributed by atoms with Gasteiger partial charge in [0.15, 0.2) is 0 Å². The first-order valence-corrected chi connectivity index (χ1v) is 6.97. The lowest BCUT2D eigenvalue weighted by Gasteiger charge is -2.14. The number of amides is 1. The second-order valence-electron chi connectivity index (χ2n) is 4.93. The van der Waals surface area contributed by atoms with Crippen LogP contribution in [0.25, 0.3) is 0 Å². The van der Waals surface area contributed by atoms with Crippen LogP contribution in [0.15, 0.2) is 0 Å². The van der Waals surface area contributed by atoms with Gasteiger partial charge in [0, 0.05) is 4.88 Å². The molecule has 1 aromatic rings. The van der Waals surface area contributed by atoms with Crippen LogP contribution < -0.4 is 11.1 Å². The summed E-state index contributed by atoms with van der Waals surface area (Å²) in [5.74, 6) is -0.122. The van der Waals surface area contributed by atoms with Crippen LogP contribution in [0.4, 0.5) is 5.00 Å². The van der Waals surface area contributed by atoms with Gasteiger partial charge in [-0.05, 0) is 30.7 Å². The summed E-state index contributed by atoms with van der Waals surface area (Å²) in [6.07, 6.45) is 3.07. The Bertz CT molecular complexity index is 513. The number of nitrogens with two attached hydrogens (primary N) is 1. The topological polar surface area (TPSA) is 78.9 Å². The van der Waals surface area contributed by atoms with E-state index >= 15 is 0 Å². The molecule has 0 spiro atoms. The van der Waals surface area contributed by atoms with Crippen molar-refractivity contribution in [3.8, 4) is 6.07 Å². The van der Waals surface area contributed by atoms with Crippen molar-refractivity contribution >= 4 is 22.2 Å². The van der Waals surface area contributed by atoms with E-state index in [-0.39, 0.29) is 11.8 Å². The van der Waals surface area contributed by atoms with Gasteiger partial charge in [0.2, 0.25) is 5.91 Å². The zero-order chi connectivity index (χ0) is 13.3. The van der Waals surface area contributed by atoms with E-state index in [0.717, 1.165) is 24.8 Å². The molecule has 18 heavy (non-hydrogen) atoms. The van der Waals surface area contributed by atoms with Gasteiger partial charge in [-0.25, -0.2) is 0 Å². The van der Waals surface area contributed by atoms with E-state index in [0.29, 0.717) is 10.6 Å². The number of fused-ring (bicyclic) bond motifs is 1. The number of hydrogen-bond acceptors (Lipinski definition) is 4. The Hall–Kier alpha value is -1.38. The van der Waals surface area contributed by atoms with Gasteiger partial charge in [0.1, 0.15) is 11.1 Å². The molecule has 2 rings (SSSR count). The van der Waals surface area contributed by atoms with Crippen LogP contribution in [0.5, 0.6) is 0 Å². The molecule has 1 aliphatic rings. The van der Waals surface area contributed by atoms with Crippen molar-refractivity contribution in [3.05, 3.63) is 16.0 Å². The molecule has 0 fully saturated rings. The molecule has 4 nitrogen and oxygen atoms in total. The van der Waals surface area contributed by atoms with Crippen LogP contribution in [0, 0.1) is 17.2 Å². The Morgan fingerprint density at radius 2 is 2.22 bits per heavy atom. The Kier molecular flexibility index (Phi) is 3.69. The average molecular weight is 263 g/mol. The maximum Gasteiger partial charge on any atom is 0.242 e. The van der Waals surface area contributed by atoms with E-state index in [2.05, 4.69) is 11.4 Å². The molecule has 5 heteroatoms. The monoisotopic (exact) mass is 263 g/mol. The zero-order valence-corrected chi connectivity index (χ0v) is 11.4. The number of thiophene rings is 1. The molecule has 0 saturated carbocycles. The van der Waals surface area contributed by atoms with Crippen molar-refractivity contribution < 1.29 is 4.79 Å². The number of nitriles is 1. The second kappa shape index (κ2) is 5.09. The number of carbonyl (C=O) groups is 1. The molecule has 0 radical (unpaired) electrons. The predicted molar refractivity (Wildman–Crippen MR) is 72.5 cm³/mol. The van der Waals surface area contributed by atoms with E-state index in [1.54, 1.807) is 0 Å². The van der Waals surface area contributed by atoms with Gasteiger partial charge >= 0.3 is 0 Å². The molecule has 0 bridgehead atoms. The maximum atomic E-state index is 11.9. The van der Waals surface area contributed by atoms with Crippen LogP contribution >= 0.6 is 11.3 Å². The fourth-order valence-electron chi connectivity index (χ4n) is 2.11. The third-order valence-electron chi connectivity index (χ3n) is 3.29. The molecular weight excluding hydrogens is 246 g/mol. The highest BCUT2D eigenvalue weighted by Gasteiger charge is 2.25.